The molecule has 5 heterocycles. The number of carbonyl (C=O) groups excluding carboxylic acids is 1. The number of carbonyl (C=O) groups is 1. The lowest BCUT2D eigenvalue weighted by Crippen LogP contribution is -2.63. The molecule has 206 valence electrons. The highest BCUT2D eigenvalue weighted by Crippen LogP contribution is 2.47. The molecule has 0 N–H and O–H groups in total. The van der Waals surface area contributed by atoms with Crippen LogP contribution in [0.4, 0.5) is 26.2 Å². The van der Waals surface area contributed by atoms with E-state index in [4.69, 9.17) is 0 Å². The maximum absolute atomic E-state index is 13.6. The molecule has 0 unspecified atom stereocenters. The zero-order valence-electron chi connectivity index (χ0n) is 22.1. The minimum atomic E-state index is -3.49. The lowest BCUT2D eigenvalue weighted by atomic mass is 9.87. The van der Waals surface area contributed by atoms with Crippen LogP contribution in [-0.2, 0) is 20.0 Å². The summed E-state index contributed by atoms with van der Waals surface area (Å²) in [4.78, 5) is 31.9. The van der Waals surface area contributed by atoms with Crippen molar-refractivity contribution in [1.29, 1.82) is 5.26 Å². The smallest absolute Gasteiger partial charge is 0.265 e. The van der Waals surface area contributed by atoms with E-state index in [9.17, 15) is 27.3 Å². The van der Waals surface area contributed by atoms with Crippen LogP contribution in [0.5, 0.6) is 0 Å². The van der Waals surface area contributed by atoms with Crippen molar-refractivity contribution in [2.75, 3.05) is 35.2 Å². The first-order chi connectivity index (χ1) is 18.2. The molecule has 39 heavy (non-hydrogen) atoms. The average molecular weight is 558 g/mol. The van der Waals surface area contributed by atoms with Gasteiger partial charge in [0, 0.05) is 47.6 Å². The Morgan fingerprint density at radius 1 is 1.23 bits per heavy atom. The molecule has 2 fully saturated rings. The van der Waals surface area contributed by atoms with Gasteiger partial charge in [0.2, 0.25) is 5.91 Å². The Kier molecular flexibility index (Phi) is 6.17. The van der Waals surface area contributed by atoms with Crippen molar-refractivity contribution in [1.82, 2.24) is 19.9 Å². The maximum atomic E-state index is 13.6. The van der Waals surface area contributed by atoms with Gasteiger partial charge in [-0.3, -0.25) is 4.79 Å². The van der Waals surface area contributed by atoms with E-state index in [-0.39, 0.29) is 42.7 Å². The van der Waals surface area contributed by atoms with Gasteiger partial charge in [-0.1, -0.05) is 20.4 Å². The number of hydrogen-bond donors (Lipinski definition) is 0. The third-order valence-electron chi connectivity index (χ3n) is 8.06. The fourth-order valence-electron chi connectivity index (χ4n) is 5.55. The van der Waals surface area contributed by atoms with Crippen LogP contribution < -0.4 is 9.80 Å². The van der Waals surface area contributed by atoms with Gasteiger partial charge < -0.3 is 14.7 Å². The second-order valence-corrected chi connectivity index (χ2v) is 13.7. The standard InChI is InChI=1S/C26H29F2N7O3S/c1-15-12-34(24(36)26(5)6-7-39(26,37)38)16(2)11-33(15)22-20-23(32-14-31-22)35(13-25(20,3)4)19-8-18(21(27)28)17(9-29)10-30-19/h8,10,14-15,21H,2,6-7,11-13H2,1,3-5H3/t15-,26-/m0/s1. The van der Waals surface area contributed by atoms with Gasteiger partial charge in [-0.2, -0.15) is 5.26 Å². The van der Waals surface area contributed by atoms with Crippen LogP contribution >= 0.6 is 0 Å². The van der Waals surface area contributed by atoms with Crippen molar-refractivity contribution in [3.63, 3.8) is 0 Å². The molecule has 3 aliphatic heterocycles. The first-order valence-electron chi connectivity index (χ1n) is 12.5. The van der Waals surface area contributed by atoms with Gasteiger partial charge >= 0.3 is 0 Å². The monoisotopic (exact) mass is 557 g/mol. The van der Waals surface area contributed by atoms with E-state index in [1.54, 1.807) is 11.0 Å². The van der Waals surface area contributed by atoms with E-state index < -0.39 is 37.9 Å². The molecule has 2 aromatic heterocycles. The molecule has 0 aliphatic carbocycles. The van der Waals surface area contributed by atoms with Crippen LogP contribution in [0.3, 0.4) is 0 Å². The third kappa shape index (κ3) is 4.04. The summed E-state index contributed by atoms with van der Waals surface area (Å²) < 4.78 is 50.6. The first-order valence-corrected chi connectivity index (χ1v) is 14.2. The fourth-order valence-corrected chi connectivity index (χ4v) is 7.08. The second-order valence-electron chi connectivity index (χ2n) is 11.2. The van der Waals surface area contributed by atoms with Crippen LogP contribution in [0.2, 0.25) is 0 Å². The molecular weight excluding hydrogens is 528 g/mol. The van der Waals surface area contributed by atoms with E-state index in [0.717, 1.165) is 11.8 Å². The van der Waals surface area contributed by atoms with Crippen LogP contribution in [0, 0.1) is 11.3 Å². The molecule has 0 saturated carbocycles. The average Bonchev–Trinajstić information content (AvgIpc) is 3.18. The summed E-state index contributed by atoms with van der Waals surface area (Å²) in [6.07, 6.45) is 0.000838. The number of halogens is 2. The van der Waals surface area contributed by atoms with Gasteiger partial charge in [-0.15, -0.1) is 0 Å². The number of aromatic nitrogens is 3. The van der Waals surface area contributed by atoms with E-state index in [2.05, 4.69) is 21.5 Å². The van der Waals surface area contributed by atoms with Crippen molar-refractivity contribution in [2.24, 2.45) is 0 Å². The molecule has 1 amide bonds. The predicted molar refractivity (Wildman–Crippen MR) is 140 cm³/mol. The van der Waals surface area contributed by atoms with E-state index >= 15 is 0 Å². The number of alkyl halides is 2. The van der Waals surface area contributed by atoms with E-state index in [1.807, 2.05) is 25.7 Å². The van der Waals surface area contributed by atoms with Gasteiger partial charge in [-0.25, -0.2) is 32.2 Å². The predicted octanol–water partition coefficient (Wildman–Crippen LogP) is 3.24. The van der Waals surface area contributed by atoms with Gasteiger partial charge in [0.1, 0.15) is 34.6 Å². The molecule has 10 nitrogen and oxygen atoms in total. The highest BCUT2D eigenvalue weighted by atomic mass is 32.2. The normalized spacial score (nSPS) is 25.3. The maximum Gasteiger partial charge on any atom is 0.265 e. The Bertz CT molecular complexity index is 1540. The van der Waals surface area contributed by atoms with Crippen LogP contribution in [0.1, 0.15) is 57.2 Å². The van der Waals surface area contributed by atoms with Crippen LogP contribution in [0.25, 0.3) is 0 Å². The van der Waals surface area contributed by atoms with Crippen molar-refractivity contribution in [3.05, 3.63) is 47.6 Å². The molecule has 2 saturated heterocycles. The van der Waals surface area contributed by atoms with Crippen molar-refractivity contribution in [3.8, 4) is 6.07 Å². The molecule has 5 rings (SSSR count). The van der Waals surface area contributed by atoms with E-state index in [0.29, 0.717) is 23.9 Å². The SMILES string of the molecule is C=C1CN(c2ncnc3c2C(C)(C)CN3c2cc(C(F)F)c(C#N)cn2)[C@@H](C)CN1C(=O)[C@]1(C)CCS1(=O)=O. The quantitative estimate of drug-likeness (QED) is 0.557. The molecule has 0 spiro atoms. The topological polar surface area (TPSA) is 123 Å². The highest BCUT2D eigenvalue weighted by Gasteiger charge is 2.56. The Morgan fingerprint density at radius 3 is 2.51 bits per heavy atom. The highest BCUT2D eigenvalue weighted by molar-refractivity contribution is 7.95. The minimum Gasteiger partial charge on any atom is -0.346 e. The lowest BCUT2D eigenvalue weighted by molar-refractivity contribution is -0.132. The number of nitrogens with zero attached hydrogens (tertiary/aromatic N) is 7. The summed E-state index contributed by atoms with van der Waals surface area (Å²) in [5.41, 5.74) is 0.183. The molecule has 0 radical (unpaired) electrons. The Morgan fingerprint density at radius 2 is 1.92 bits per heavy atom. The summed E-state index contributed by atoms with van der Waals surface area (Å²) in [5, 5.41) is 9.21. The summed E-state index contributed by atoms with van der Waals surface area (Å²) in [6, 6.07) is 2.75. The second kappa shape index (κ2) is 8.94. The molecule has 13 heteroatoms. The summed E-state index contributed by atoms with van der Waals surface area (Å²) in [7, 11) is -3.49. The number of amides is 1. The Hall–Kier alpha value is -3.66. The fraction of sp³-hybridized carbons (Fsp3) is 0.500. The number of hydrogen-bond acceptors (Lipinski definition) is 9. The zero-order chi connectivity index (χ0) is 28.5. The molecule has 2 atom stereocenters. The van der Waals surface area contributed by atoms with Gasteiger partial charge in [-0.05, 0) is 26.3 Å². The summed E-state index contributed by atoms with van der Waals surface area (Å²) in [5.74, 6) is 0.947. The molecule has 0 bridgehead atoms. The van der Waals surface area contributed by atoms with Gasteiger partial charge in [0.05, 0.1) is 17.9 Å². The number of pyridine rings is 1. The van der Waals surface area contributed by atoms with E-state index in [1.165, 1.54) is 24.2 Å². The largest absolute Gasteiger partial charge is 0.346 e. The molecule has 3 aliphatic rings. The zero-order valence-corrected chi connectivity index (χ0v) is 23.0. The number of fused-ring (bicyclic) bond motifs is 1. The lowest BCUT2D eigenvalue weighted by Gasteiger charge is -2.47. The molecular formula is C26H29F2N7O3S. The van der Waals surface area contributed by atoms with Gasteiger partial charge in [0.25, 0.3) is 6.43 Å². The summed E-state index contributed by atoms with van der Waals surface area (Å²) >= 11 is 0. The number of nitriles is 1. The van der Waals surface area contributed by atoms with Crippen molar-refractivity contribution >= 4 is 33.2 Å². The van der Waals surface area contributed by atoms with Crippen LogP contribution in [0.15, 0.2) is 30.9 Å². The first kappa shape index (κ1) is 26.9. The molecule has 0 aromatic carbocycles. The minimum absolute atomic E-state index is 0.00277. The Balaban J connectivity index is 1.49. The number of piperazine rings is 1. The molecule has 2 aromatic rings. The number of rotatable bonds is 4. The summed E-state index contributed by atoms with van der Waals surface area (Å²) in [6.45, 7) is 12.4. The van der Waals surface area contributed by atoms with Crippen LogP contribution in [-0.4, -0.2) is 70.4 Å². The van der Waals surface area contributed by atoms with Crippen molar-refractivity contribution in [2.45, 2.75) is 56.7 Å². The number of anilines is 3. The number of sulfone groups is 1. The Labute approximate surface area is 225 Å². The van der Waals surface area contributed by atoms with Crippen molar-refractivity contribution < 1.29 is 22.0 Å². The third-order valence-corrected chi connectivity index (χ3v) is 10.6. The van der Waals surface area contributed by atoms with Gasteiger partial charge in [0.15, 0.2) is 9.84 Å².